The van der Waals surface area contributed by atoms with Crippen LogP contribution in [-0.4, -0.2) is 55.8 Å². The molecule has 0 radical (unpaired) electrons. The SMILES string of the molecule is CCCC[C@H](NC(=O)O[C@H](Cc1nnc(-c2ccc(C(F)(F)F)cc2)o1)C(C)(C)C)[C@@H](O)C(=O)Nc1ccn[nH]1. The lowest BCUT2D eigenvalue weighted by Gasteiger charge is -2.30. The van der Waals surface area contributed by atoms with Crippen molar-refractivity contribution in [1.29, 1.82) is 0 Å². The molecule has 1 aromatic carbocycles. The molecule has 3 atom stereocenters. The number of unbranched alkanes of at least 4 members (excludes halogenated alkanes) is 1. The number of carbonyl (C=O) groups is 2. The fourth-order valence-corrected chi connectivity index (χ4v) is 3.70. The van der Waals surface area contributed by atoms with E-state index in [9.17, 15) is 27.9 Å². The van der Waals surface area contributed by atoms with Crippen LogP contribution in [0.25, 0.3) is 11.5 Å². The summed E-state index contributed by atoms with van der Waals surface area (Å²) < 4.78 is 49.9. The number of amides is 2. The van der Waals surface area contributed by atoms with Gasteiger partial charge < -0.3 is 24.9 Å². The second kappa shape index (κ2) is 12.9. The van der Waals surface area contributed by atoms with Gasteiger partial charge >= 0.3 is 12.3 Å². The highest BCUT2D eigenvalue weighted by molar-refractivity contribution is 5.94. The van der Waals surface area contributed by atoms with Crippen LogP contribution in [0.4, 0.5) is 23.8 Å². The van der Waals surface area contributed by atoms with Crippen LogP contribution in [0.1, 0.15) is 58.4 Å². The first-order chi connectivity index (χ1) is 18.8. The van der Waals surface area contributed by atoms with E-state index in [0.29, 0.717) is 24.2 Å². The van der Waals surface area contributed by atoms with Gasteiger partial charge in [-0.15, -0.1) is 10.2 Å². The Balaban J connectivity index is 1.67. The molecule has 0 fully saturated rings. The smallest absolute Gasteiger partial charge is 0.416 e. The Labute approximate surface area is 228 Å². The number of ether oxygens (including phenoxy) is 1. The number of rotatable bonds is 11. The molecule has 0 spiro atoms. The number of aromatic amines is 1. The first-order valence-electron chi connectivity index (χ1n) is 12.7. The van der Waals surface area contributed by atoms with Crippen LogP contribution in [0.15, 0.2) is 40.9 Å². The molecule has 2 aromatic heterocycles. The average Bonchev–Trinajstić information content (AvgIpc) is 3.57. The van der Waals surface area contributed by atoms with E-state index in [1.165, 1.54) is 24.4 Å². The maximum absolute atomic E-state index is 12.9. The summed E-state index contributed by atoms with van der Waals surface area (Å²) in [7, 11) is 0. The van der Waals surface area contributed by atoms with Crippen molar-refractivity contribution in [2.45, 2.75) is 77.8 Å². The van der Waals surface area contributed by atoms with Crippen LogP contribution in [-0.2, 0) is 22.1 Å². The van der Waals surface area contributed by atoms with E-state index in [-0.39, 0.29) is 18.2 Å². The van der Waals surface area contributed by atoms with E-state index in [4.69, 9.17) is 9.15 Å². The van der Waals surface area contributed by atoms with Crippen LogP contribution < -0.4 is 10.6 Å². The average molecular weight is 567 g/mol. The lowest BCUT2D eigenvalue weighted by molar-refractivity contribution is -0.137. The Hall–Kier alpha value is -3.94. The maximum Gasteiger partial charge on any atom is 0.416 e. The number of alkyl halides is 3. The number of hydrogen-bond acceptors (Lipinski definition) is 8. The summed E-state index contributed by atoms with van der Waals surface area (Å²) in [5.74, 6) is -0.292. The van der Waals surface area contributed by atoms with Crippen molar-refractivity contribution in [3.8, 4) is 11.5 Å². The molecular formula is C26H33F3N6O5. The standard InChI is InChI=1S/C26H33F3N6O5/c1-5-6-7-17(21(36)22(37)32-19-12-13-30-33-19)31-24(38)39-18(25(2,3)4)14-20-34-35-23(40-20)15-8-10-16(11-9-15)26(27,28)29/h8-13,17-18,21,36H,5-7,14H2,1-4H3,(H,31,38)(H2,30,32,33,37)/t17-,18+,21+/m0/s1. The molecule has 2 heterocycles. The fraction of sp³-hybridized carbons (Fsp3) is 0.500. The Morgan fingerprint density at radius 3 is 2.40 bits per heavy atom. The number of hydrogen-bond donors (Lipinski definition) is 4. The van der Waals surface area contributed by atoms with Gasteiger partial charge in [-0.3, -0.25) is 9.89 Å². The summed E-state index contributed by atoms with van der Waals surface area (Å²) in [5.41, 5.74) is -1.08. The molecule has 2 amide bonds. The fourth-order valence-electron chi connectivity index (χ4n) is 3.70. The number of aliphatic hydroxyl groups is 1. The molecule has 0 aliphatic carbocycles. The lowest BCUT2D eigenvalue weighted by atomic mass is 9.87. The Morgan fingerprint density at radius 2 is 1.82 bits per heavy atom. The Kier molecular flexibility index (Phi) is 9.90. The van der Waals surface area contributed by atoms with Crippen LogP contribution >= 0.6 is 0 Å². The number of nitrogens with one attached hydrogen (secondary N) is 3. The summed E-state index contributed by atoms with van der Waals surface area (Å²) in [6.45, 7) is 7.43. The van der Waals surface area contributed by atoms with E-state index in [0.717, 1.165) is 18.6 Å². The number of aromatic nitrogens is 4. The molecule has 0 saturated heterocycles. The zero-order valence-electron chi connectivity index (χ0n) is 22.6. The highest BCUT2D eigenvalue weighted by Crippen LogP contribution is 2.31. The van der Waals surface area contributed by atoms with Gasteiger partial charge in [0.25, 0.3) is 5.91 Å². The van der Waals surface area contributed by atoms with Gasteiger partial charge in [0.05, 0.1) is 24.2 Å². The van der Waals surface area contributed by atoms with Gasteiger partial charge in [-0.1, -0.05) is 40.5 Å². The number of halogens is 3. The molecule has 11 nitrogen and oxygen atoms in total. The number of aliphatic hydroxyl groups excluding tert-OH is 1. The van der Waals surface area contributed by atoms with Crippen molar-refractivity contribution in [2.24, 2.45) is 5.41 Å². The number of anilines is 1. The number of nitrogens with zero attached hydrogens (tertiary/aromatic N) is 3. The van der Waals surface area contributed by atoms with Crippen LogP contribution in [0.3, 0.4) is 0 Å². The van der Waals surface area contributed by atoms with Gasteiger partial charge in [-0.25, -0.2) is 4.79 Å². The lowest BCUT2D eigenvalue weighted by Crippen LogP contribution is -2.50. The number of alkyl carbamates (subject to hydrolysis) is 1. The molecule has 0 unspecified atom stereocenters. The van der Waals surface area contributed by atoms with Crippen molar-refractivity contribution < 1.29 is 37.0 Å². The van der Waals surface area contributed by atoms with Crippen molar-refractivity contribution in [3.63, 3.8) is 0 Å². The zero-order valence-corrected chi connectivity index (χ0v) is 22.6. The molecule has 4 N–H and O–H groups in total. The summed E-state index contributed by atoms with van der Waals surface area (Å²) in [4.78, 5) is 25.4. The third-order valence-electron chi connectivity index (χ3n) is 6.08. The molecule has 0 saturated carbocycles. The van der Waals surface area contributed by atoms with Crippen molar-refractivity contribution in [1.82, 2.24) is 25.7 Å². The normalized spacial score (nSPS) is 14.3. The van der Waals surface area contributed by atoms with Crippen LogP contribution in [0.5, 0.6) is 0 Å². The van der Waals surface area contributed by atoms with Crippen molar-refractivity contribution >= 4 is 17.8 Å². The number of H-pyrrole nitrogens is 1. The molecule has 3 rings (SSSR count). The summed E-state index contributed by atoms with van der Waals surface area (Å²) >= 11 is 0. The molecule has 14 heteroatoms. The van der Waals surface area contributed by atoms with Gasteiger partial charge in [0, 0.05) is 11.6 Å². The minimum atomic E-state index is -4.47. The second-order valence-corrected chi connectivity index (χ2v) is 10.3. The van der Waals surface area contributed by atoms with E-state index in [2.05, 4.69) is 31.0 Å². The molecule has 40 heavy (non-hydrogen) atoms. The van der Waals surface area contributed by atoms with E-state index in [1.54, 1.807) is 0 Å². The van der Waals surface area contributed by atoms with E-state index < -0.39 is 47.4 Å². The maximum atomic E-state index is 12.9. The quantitative estimate of drug-likeness (QED) is 0.260. The first-order valence-corrected chi connectivity index (χ1v) is 12.7. The Bertz CT molecular complexity index is 1240. The molecule has 0 bridgehead atoms. The first kappa shape index (κ1) is 30.6. The minimum absolute atomic E-state index is 0.0202. The summed E-state index contributed by atoms with van der Waals surface area (Å²) in [6.07, 6.45) is -4.45. The Morgan fingerprint density at radius 1 is 1.12 bits per heavy atom. The predicted molar refractivity (Wildman–Crippen MR) is 138 cm³/mol. The summed E-state index contributed by atoms with van der Waals surface area (Å²) in [6, 6.07) is 4.89. The van der Waals surface area contributed by atoms with Crippen LogP contribution in [0.2, 0.25) is 0 Å². The van der Waals surface area contributed by atoms with Gasteiger partial charge in [0.1, 0.15) is 11.9 Å². The third kappa shape index (κ3) is 8.53. The predicted octanol–water partition coefficient (Wildman–Crippen LogP) is 4.72. The van der Waals surface area contributed by atoms with Gasteiger partial charge in [-0.05, 0) is 36.1 Å². The van der Waals surface area contributed by atoms with Crippen molar-refractivity contribution in [3.05, 3.63) is 48.0 Å². The summed E-state index contributed by atoms with van der Waals surface area (Å²) in [5, 5.41) is 29.9. The molecule has 218 valence electrons. The highest BCUT2D eigenvalue weighted by atomic mass is 19.4. The molecular weight excluding hydrogens is 533 g/mol. The van der Waals surface area contributed by atoms with Crippen LogP contribution in [0, 0.1) is 5.41 Å². The van der Waals surface area contributed by atoms with Gasteiger partial charge in [0.15, 0.2) is 6.10 Å². The second-order valence-electron chi connectivity index (χ2n) is 10.3. The van der Waals surface area contributed by atoms with Gasteiger partial charge in [-0.2, -0.15) is 18.3 Å². The van der Waals surface area contributed by atoms with E-state index in [1.807, 2.05) is 27.7 Å². The van der Waals surface area contributed by atoms with E-state index >= 15 is 0 Å². The molecule has 0 aliphatic rings. The largest absolute Gasteiger partial charge is 0.445 e. The van der Waals surface area contributed by atoms with Gasteiger partial charge in [0.2, 0.25) is 11.8 Å². The highest BCUT2D eigenvalue weighted by Gasteiger charge is 2.34. The zero-order chi connectivity index (χ0) is 29.5. The molecule has 0 aliphatic heterocycles. The molecule has 3 aromatic rings. The monoisotopic (exact) mass is 566 g/mol. The topological polar surface area (TPSA) is 155 Å². The minimum Gasteiger partial charge on any atom is -0.445 e. The number of benzene rings is 1. The third-order valence-corrected chi connectivity index (χ3v) is 6.08. The number of carbonyl (C=O) groups excluding carboxylic acids is 2. The van der Waals surface area contributed by atoms with Crippen molar-refractivity contribution in [2.75, 3.05) is 5.32 Å².